The first-order valence-corrected chi connectivity index (χ1v) is 6.21. The van der Waals surface area contributed by atoms with Gasteiger partial charge in [0.2, 0.25) is 0 Å². The summed E-state index contributed by atoms with van der Waals surface area (Å²) in [4.78, 5) is 13.6. The topological polar surface area (TPSA) is 42.7 Å². The number of ether oxygens (including phenoxy) is 1. The van der Waals surface area contributed by atoms with Crippen LogP contribution in [0.15, 0.2) is 47.1 Å². The Morgan fingerprint density at radius 3 is 2.58 bits per heavy atom. The SMILES string of the molecule is CCOc1ccc(CN(C)C(=O)c2ccco2)cc1. The second kappa shape index (κ2) is 6.09. The summed E-state index contributed by atoms with van der Waals surface area (Å²) >= 11 is 0. The highest BCUT2D eigenvalue weighted by atomic mass is 16.5. The average Bonchev–Trinajstić information content (AvgIpc) is 2.94. The normalized spacial score (nSPS) is 10.2. The van der Waals surface area contributed by atoms with E-state index >= 15 is 0 Å². The van der Waals surface area contributed by atoms with Crippen molar-refractivity contribution in [2.24, 2.45) is 0 Å². The molecule has 19 heavy (non-hydrogen) atoms. The fourth-order valence-corrected chi connectivity index (χ4v) is 1.79. The minimum Gasteiger partial charge on any atom is -0.494 e. The first-order valence-electron chi connectivity index (χ1n) is 6.21. The first-order chi connectivity index (χ1) is 9.20. The van der Waals surface area contributed by atoms with Crippen molar-refractivity contribution in [3.05, 3.63) is 54.0 Å². The second-order valence-corrected chi connectivity index (χ2v) is 4.22. The molecule has 4 nitrogen and oxygen atoms in total. The van der Waals surface area contributed by atoms with Gasteiger partial charge in [0.15, 0.2) is 5.76 Å². The predicted octanol–water partition coefficient (Wildman–Crippen LogP) is 2.95. The maximum Gasteiger partial charge on any atom is 0.289 e. The molecule has 0 unspecified atom stereocenters. The van der Waals surface area contributed by atoms with Crippen LogP contribution in [0.2, 0.25) is 0 Å². The number of amides is 1. The van der Waals surface area contributed by atoms with Gasteiger partial charge >= 0.3 is 0 Å². The summed E-state index contributed by atoms with van der Waals surface area (Å²) in [5.41, 5.74) is 1.05. The molecule has 0 fully saturated rings. The molecular weight excluding hydrogens is 242 g/mol. The Bertz CT molecular complexity index is 517. The number of hydrogen-bond acceptors (Lipinski definition) is 3. The average molecular weight is 259 g/mol. The van der Waals surface area contributed by atoms with Crippen LogP contribution in [0.3, 0.4) is 0 Å². The number of hydrogen-bond donors (Lipinski definition) is 0. The molecule has 1 amide bonds. The molecule has 0 spiro atoms. The fraction of sp³-hybridized carbons (Fsp3) is 0.267. The smallest absolute Gasteiger partial charge is 0.289 e. The van der Waals surface area contributed by atoms with Gasteiger partial charge in [-0.3, -0.25) is 4.79 Å². The Morgan fingerprint density at radius 1 is 1.26 bits per heavy atom. The number of nitrogens with zero attached hydrogens (tertiary/aromatic N) is 1. The van der Waals surface area contributed by atoms with Crippen molar-refractivity contribution >= 4 is 5.91 Å². The van der Waals surface area contributed by atoms with Gasteiger partial charge in [-0.25, -0.2) is 0 Å². The summed E-state index contributed by atoms with van der Waals surface area (Å²) in [7, 11) is 1.75. The molecule has 0 radical (unpaired) electrons. The molecule has 0 bridgehead atoms. The molecule has 1 aromatic heterocycles. The molecule has 0 aliphatic carbocycles. The predicted molar refractivity (Wildman–Crippen MR) is 72.1 cm³/mol. The monoisotopic (exact) mass is 259 g/mol. The summed E-state index contributed by atoms with van der Waals surface area (Å²) < 4.78 is 10.5. The molecule has 1 heterocycles. The molecule has 0 saturated heterocycles. The van der Waals surface area contributed by atoms with Crippen LogP contribution in [0.1, 0.15) is 23.0 Å². The number of carbonyl (C=O) groups excluding carboxylic acids is 1. The molecule has 0 N–H and O–H groups in total. The lowest BCUT2D eigenvalue weighted by Gasteiger charge is -2.16. The molecule has 2 rings (SSSR count). The van der Waals surface area contributed by atoms with Gasteiger partial charge in [0, 0.05) is 13.6 Å². The quantitative estimate of drug-likeness (QED) is 0.829. The van der Waals surface area contributed by atoms with Crippen molar-refractivity contribution in [3.63, 3.8) is 0 Å². The molecule has 4 heteroatoms. The standard InChI is InChI=1S/C15H17NO3/c1-3-18-13-8-6-12(7-9-13)11-16(2)15(17)14-5-4-10-19-14/h4-10H,3,11H2,1-2H3. The van der Waals surface area contributed by atoms with Gasteiger partial charge in [0.1, 0.15) is 5.75 Å². The van der Waals surface area contributed by atoms with E-state index in [0.29, 0.717) is 18.9 Å². The van der Waals surface area contributed by atoms with Crippen LogP contribution in [0.4, 0.5) is 0 Å². The van der Waals surface area contributed by atoms with Gasteiger partial charge in [-0.2, -0.15) is 0 Å². The van der Waals surface area contributed by atoms with E-state index in [1.807, 2.05) is 31.2 Å². The minimum atomic E-state index is -0.126. The van der Waals surface area contributed by atoms with Crippen LogP contribution >= 0.6 is 0 Å². The third kappa shape index (κ3) is 3.37. The molecule has 0 atom stereocenters. The Labute approximate surface area is 112 Å². The Morgan fingerprint density at radius 2 is 2.00 bits per heavy atom. The van der Waals surface area contributed by atoms with E-state index in [1.165, 1.54) is 6.26 Å². The lowest BCUT2D eigenvalue weighted by Crippen LogP contribution is -2.25. The van der Waals surface area contributed by atoms with Crippen LogP contribution in [-0.2, 0) is 6.54 Å². The fourth-order valence-electron chi connectivity index (χ4n) is 1.79. The van der Waals surface area contributed by atoms with Gasteiger partial charge < -0.3 is 14.1 Å². The lowest BCUT2D eigenvalue weighted by atomic mass is 10.2. The Kier molecular flexibility index (Phi) is 4.23. The van der Waals surface area contributed by atoms with E-state index in [4.69, 9.17) is 9.15 Å². The van der Waals surface area contributed by atoms with E-state index in [9.17, 15) is 4.79 Å². The van der Waals surface area contributed by atoms with Crippen LogP contribution in [-0.4, -0.2) is 24.5 Å². The van der Waals surface area contributed by atoms with Crippen LogP contribution in [0, 0.1) is 0 Å². The molecule has 1 aromatic carbocycles. The third-order valence-corrected chi connectivity index (χ3v) is 2.73. The van der Waals surface area contributed by atoms with Crippen LogP contribution < -0.4 is 4.74 Å². The van der Waals surface area contributed by atoms with Gasteiger partial charge in [-0.1, -0.05) is 12.1 Å². The van der Waals surface area contributed by atoms with E-state index in [2.05, 4.69) is 0 Å². The maximum absolute atomic E-state index is 12.0. The summed E-state index contributed by atoms with van der Waals surface area (Å²) in [6.07, 6.45) is 1.50. The van der Waals surface area contributed by atoms with E-state index in [-0.39, 0.29) is 5.91 Å². The molecule has 0 aliphatic heterocycles. The summed E-state index contributed by atoms with van der Waals surface area (Å²) in [5, 5.41) is 0. The van der Waals surface area contributed by atoms with E-state index in [0.717, 1.165) is 11.3 Å². The van der Waals surface area contributed by atoms with Crippen molar-refractivity contribution in [1.29, 1.82) is 0 Å². The van der Waals surface area contributed by atoms with Gasteiger partial charge in [-0.05, 0) is 36.8 Å². The number of furan rings is 1. The zero-order valence-electron chi connectivity index (χ0n) is 11.1. The molecule has 0 aliphatic rings. The maximum atomic E-state index is 12.0. The highest BCUT2D eigenvalue weighted by molar-refractivity contribution is 5.91. The zero-order chi connectivity index (χ0) is 13.7. The number of rotatable bonds is 5. The number of benzene rings is 1. The van der Waals surface area contributed by atoms with Crippen molar-refractivity contribution in [2.75, 3.05) is 13.7 Å². The summed E-state index contributed by atoms with van der Waals surface area (Å²) in [6, 6.07) is 11.1. The zero-order valence-corrected chi connectivity index (χ0v) is 11.1. The summed E-state index contributed by atoms with van der Waals surface area (Å²) in [5.74, 6) is 1.07. The minimum absolute atomic E-state index is 0.126. The van der Waals surface area contributed by atoms with Crippen molar-refractivity contribution in [2.45, 2.75) is 13.5 Å². The highest BCUT2D eigenvalue weighted by Gasteiger charge is 2.14. The largest absolute Gasteiger partial charge is 0.494 e. The van der Waals surface area contributed by atoms with Crippen molar-refractivity contribution in [3.8, 4) is 5.75 Å². The van der Waals surface area contributed by atoms with E-state index < -0.39 is 0 Å². The highest BCUT2D eigenvalue weighted by Crippen LogP contribution is 2.14. The molecule has 0 saturated carbocycles. The van der Waals surface area contributed by atoms with Crippen LogP contribution in [0.25, 0.3) is 0 Å². The summed E-state index contributed by atoms with van der Waals surface area (Å²) in [6.45, 7) is 3.13. The molecule has 100 valence electrons. The lowest BCUT2D eigenvalue weighted by molar-refractivity contribution is 0.0753. The van der Waals surface area contributed by atoms with Gasteiger partial charge in [0.25, 0.3) is 5.91 Å². The second-order valence-electron chi connectivity index (χ2n) is 4.22. The van der Waals surface area contributed by atoms with Crippen LogP contribution in [0.5, 0.6) is 5.75 Å². The Hall–Kier alpha value is -2.23. The molecule has 2 aromatic rings. The van der Waals surface area contributed by atoms with E-state index in [1.54, 1.807) is 24.1 Å². The third-order valence-electron chi connectivity index (χ3n) is 2.73. The Balaban J connectivity index is 1.98. The number of carbonyl (C=O) groups is 1. The van der Waals surface area contributed by atoms with Crippen molar-refractivity contribution in [1.82, 2.24) is 4.90 Å². The van der Waals surface area contributed by atoms with Gasteiger partial charge in [0.05, 0.1) is 12.9 Å². The first kappa shape index (κ1) is 13.2. The van der Waals surface area contributed by atoms with Gasteiger partial charge in [-0.15, -0.1) is 0 Å². The molecular formula is C15H17NO3. The van der Waals surface area contributed by atoms with Crippen molar-refractivity contribution < 1.29 is 13.9 Å².